The van der Waals surface area contributed by atoms with Crippen molar-refractivity contribution in [2.75, 3.05) is 53.5 Å². The van der Waals surface area contributed by atoms with Crippen molar-refractivity contribution in [2.24, 2.45) is 5.41 Å². The number of carbonyl (C=O) groups is 2. The number of likely N-dealkylation sites (N-methyl/N-ethyl adjacent to an activating group) is 1. The van der Waals surface area contributed by atoms with E-state index in [1.165, 1.54) is 0 Å². The molecule has 3 heterocycles. The highest BCUT2D eigenvalue weighted by Crippen LogP contribution is 2.23. The van der Waals surface area contributed by atoms with Gasteiger partial charge in [0, 0.05) is 39.8 Å². The Bertz CT molecular complexity index is 836. The minimum absolute atomic E-state index is 0.209. The lowest BCUT2D eigenvalue weighted by atomic mass is 9.86. The van der Waals surface area contributed by atoms with Crippen LogP contribution in [0, 0.1) is 5.41 Å². The molecule has 0 spiro atoms. The van der Waals surface area contributed by atoms with E-state index in [-0.39, 0.29) is 11.8 Å². The minimum atomic E-state index is -0.652. The molecule has 0 aliphatic carbocycles. The molecule has 2 amide bonds. The summed E-state index contributed by atoms with van der Waals surface area (Å²) in [4.78, 5) is 35.0. The lowest BCUT2D eigenvalue weighted by molar-refractivity contribution is -0.124. The summed E-state index contributed by atoms with van der Waals surface area (Å²) < 4.78 is 7.57. The molecular weight excluding hydrogens is 408 g/mol. The van der Waals surface area contributed by atoms with Crippen LogP contribution in [0.5, 0.6) is 0 Å². The fourth-order valence-corrected chi connectivity index (χ4v) is 4.17. The van der Waals surface area contributed by atoms with E-state index in [0.717, 1.165) is 63.9 Å². The average molecular weight is 447 g/mol. The van der Waals surface area contributed by atoms with Gasteiger partial charge in [0.1, 0.15) is 11.9 Å². The number of morpholine rings is 1. The first-order chi connectivity index (χ1) is 15.2. The smallest absolute Gasteiger partial charge is 0.272 e. The Morgan fingerprint density at radius 2 is 1.91 bits per heavy atom. The highest BCUT2D eigenvalue weighted by molar-refractivity contribution is 5.97. The number of rotatable bonds is 6. The largest absolute Gasteiger partial charge is 0.379 e. The molecule has 0 saturated carbocycles. The molecule has 2 N–H and O–H groups in total. The van der Waals surface area contributed by atoms with Gasteiger partial charge in [-0.2, -0.15) is 0 Å². The summed E-state index contributed by atoms with van der Waals surface area (Å²) in [6.45, 7) is 12.5. The fraction of sp³-hybridized carbons (Fsp3) is 0.696. The van der Waals surface area contributed by atoms with E-state index in [9.17, 15) is 9.59 Å². The van der Waals surface area contributed by atoms with Gasteiger partial charge in [-0.1, -0.05) is 26.8 Å². The highest BCUT2D eigenvalue weighted by Gasteiger charge is 2.34. The van der Waals surface area contributed by atoms with Gasteiger partial charge >= 0.3 is 0 Å². The van der Waals surface area contributed by atoms with Gasteiger partial charge in [0.25, 0.3) is 5.91 Å². The number of imidazole rings is 1. The van der Waals surface area contributed by atoms with Crippen molar-refractivity contribution in [3.05, 3.63) is 23.3 Å². The van der Waals surface area contributed by atoms with Crippen LogP contribution in [0.3, 0.4) is 0 Å². The van der Waals surface area contributed by atoms with Gasteiger partial charge in [0.2, 0.25) is 5.91 Å². The molecule has 178 valence electrons. The van der Waals surface area contributed by atoms with Crippen LogP contribution in [0.1, 0.15) is 49.2 Å². The molecule has 32 heavy (non-hydrogen) atoms. The Balaban J connectivity index is 1.86. The summed E-state index contributed by atoms with van der Waals surface area (Å²) in [6.07, 6.45) is 5.12. The molecule has 1 saturated heterocycles. The minimum Gasteiger partial charge on any atom is -0.379 e. The monoisotopic (exact) mass is 446 g/mol. The summed E-state index contributed by atoms with van der Waals surface area (Å²) >= 11 is 0. The second-order valence-corrected chi connectivity index (χ2v) is 9.71. The SMILES string of the molecule is CNC(=O)[C@@H](NC(=O)c1nc(C=CCN2CCOCC2)n2c1CN(C)CCC2)C(C)(C)C. The zero-order valence-electron chi connectivity index (χ0n) is 20.1. The van der Waals surface area contributed by atoms with E-state index in [1.54, 1.807) is 7.05 Å². The van der Waals surface area contributed by atoms with Crippen LogP contribution in [0.15, 0.2) is 6.08 Å². The number of nitrogens with one attached hydrogen (secondary N) is 2. The number of amides is 2. The van der Waals surface area contributed by atoms with Gasteiger partial charge in [-0.05, 0) is 31.5 Å². The fourth-order valence-electron chi connectivity index (χ4n) is 4.17. The van der Waals surface area contributed by atoms with Crippen LogP contribution in [-0.2, 0) is 22.6 Å². The van der Waals surface area contributed by atoms with Crippen molar-refractivity contribution < 1.29 is 14.3 Å². The molecule has 3 rings (SSSR count). The topological polar surface area (TPSA) is 91.7 Å². The molecule has 9 nitrogen and oxygen atoms in total. The maximum absolute atomic E-state index is 13.3. The molecule has 0 radical (unpaired) electrons. The number of hydrogen-bond donors (Lipinski definition) is 2. The predicted octanol–water partition coefficient (Wildman–Crippen LogP) is 0.955. The van der Waals surface area contributed by atoms with Gasteiger partial charge in [-0.25, -0.2) is 4.98 Å². The van der Waals surface area contributed by atoms with Gasteiger partial charge in [-0.3, -0.25) is 14.5 Å². The summed E-state index contributed by atoms with van der Waals surface area (Å²) in [6, 6.07) is -0.652. The van der Waals surface area contributed by atoms with E-state index in [1.807, 2.05) is 26.8 Å². The van der Waals surface area contributed by atoms with Gasteiger partial charge in [0.15, 0.2) is 5.69 Å². The Kier molecular flexibility index (Phi) is 8.08. The third kappa shape index (κ3) is 5.96. The zero-order valence-corrected chi connectivity index (χ0v) is 20.1. The zero-order chi connectivity index (χ0) is 23.3. The molecule has 0 bridgehead atoms. The molecule has 0 aromatic carbocycles. The van der Waals surface area contributed by atoms with E-state index < -0.39 is 11.5 Å². The van der Waals surface area contributed by atoms with Crippen molar-refractivity contribution in [3.63, 3.8) is 0 Å². The molecule has 2 aliphatic rings. The number of hydrogen-bond acceptors (Lipinski definition) is 6. The Labute approximate surface area is 191 Å². The van der Waals surface area contributed by atoms with E-state index in [4.69, 9.17) is 9.72 Å². The lowest BCUT2D eigenvalue weighted by Gasteiger charge is -2.29. The second-order valence-electron chi connectivity index (χ2n) is 9.71. The summed E-state index contributed by atoms with van der Waals surface area (Å²) in [5.41, 5.74) is 0.880. The quantitative estimate of drug-likeness (QED) is 0.676. The van der Waals surface area contributed by atoms with Crippen LogP contribution in [0.25, 0.3) is 6.08 Å². The van der Waals surface area contributed by atoms with E-state index in [2.05, 4.69) is 38.1 Å². The molecule has 1 aromatic rings. The third-order valence-electron chi connectivity index (χ3n) is 6.04. The first-order valence-electron chi connectivity index (χ1n) is 11.5. The summed E-state index contributed by atoms with van der Waals surface area (Å²) in [7, 11) is 3.64. The number of aromatic nitrogens is 2. The molecule has 0 unspecified atom stereocenters. The van der Waals surface area contributed by atoms with E-state index >= 15 is 0 Å². The van der Waals surface area contributed by atoms with Crippen molar-refractivity contribution in [1.82, 2.24) is 30.0 Å². The van der Waals surface area contributed by atoms with Crippen molar-refractivity contribution >= 4 is 17.9 Å². The number of ether oxygens (including phenoxy) is 1. The second kappa shape index (κ2) is 10.6. The van der Waals surface area contributed by atoms with Crippen molar-refractivity contribution in [1.29, 1.82) is 0 Å². The van der Waals surface area contributed by atoms with Gasteiger partial charge in [0.05, 0.1) is 18.9 Å². The normalized spacial score (nSPS) is 19.4. The number of carbonyl (C=O) groups excluding carboxylic acids is 2. The van der Waals surface area contributed by atoms with Crippen LogP contribution in [0.4, 0.5) is 0 Å². The number of nitrogens with zero attached hydrogens (tertiary/aromatic N) is 4. The summed E-state index contributed by atoms with van der Waals surface area (Å²) in [5.74, 6) is 0.278. The highest BCUT2D eigenvalue weighted by atomic mass is 16.5. The van der Waals surface area contributed by atoms with Gasteiger partial charge in [-0.15, -0.1) is 0 Å². The standard InChI is InChI=1S/C23H38N6O3/c1-23(2,3)20(22(31)24-4)26-21(30)19-17-16-27(5)9-7-11-29(17)18(25-19)8-6-10-28-12-14-32-15-13-28/h6,8,20H,7,9-16H2,1-5H3,(H,24,31)(H,26,30)/t20-/m1/s1. The molecular formula is C23H38N6O3. The molecule has 1 atom stereocenters. The molecule has 2 aliphatic heterocycles. The lowest BCUT2D eigenvalue weighted by Crippen LogP contribution is -2.53. The van der Waals surface area contributed by atoms with Crippen LogP contribution >= 0.6 is 0 Å². The molecule has 9 heteroatoms. The third-order valence-corrected chi connectivity index (χ3v) is 6.04. The first kappa shape index (κ1) is 24.4. The van der Waals surface area contributed by atoms with Crippen molar-refractivity contribution in [2.45, 2.75) is 46.3 Å². The maximum atomic E-state index is 13.3. The molecule has 1 aromatic heterocycles. The van der Waals surface area contributed by atoms with Crippen LogP contribution in [-0.4, -0.2) is 90.7 Å². The molecule has 1 fully saturated rings. The van der Waals surface area contributed by atoms with Crippen LogP contribution < -0.4 is 10.6 Å². The maximum Gasteiger partial charge on any atom is 0.272 e. The Morgan fingerprint density at radius 1 is 1.19 bits per heavy atom. The van der Waals surface area contributed by atoms with Crippen LogP contribution in [0.2, 0.25) is 0 Å². The van der Waals surface area contributed by atoms with Crippen molar-refractivity contribution in [3.8, 4) is 0 Å². The number of fused-ring (bicyclic) bond motifs is 1. The Hall–Kier alpha value is -2.23. The average Bonchev–Trinajstić information content (AvgIpc) is 2.96. The summed E-state index contributed by atoms with van der Waals surface area (Å²) in [5, 5.41) is 5.60. The Morgan fingerprint density at radius 3 is 2.56 bits per heavy atom. The first-order valence-corrected chi connectivity index (χ1v) is 11.5. The van der Waals surface area contributed by atoms with Gasteiger partial charge < -0.3 is 24.8 Å². The van der Waals surface area contributed by atoms with E-state index in [0.29, 0.717) is 12.2 Å². The predicted molar refractivity (Wildman–Crippen MR) is 124 cm³/mol.